The van der Waals surface area contributed by atoms with E-state index in [2.05, 4.69) is 15.5 Å². The Balaban J connectivity index is 2.55. The van der Waals surface area contributed by atoms with Gasteiger partial charge in [-0.1, -0.05) is 11.6 Å². The predicted octanol–water partition coefficient (Wildman–Crippen LogP) is 3.52. The van der Waals surface area contributed by atoms with E-state index in [4.69, 9.17) is 11.6 Å². The molecule has 0 spiro atoms. The molecule has 5 heteroatoms. The van der Waals surface area contributed by atoms with Crippen LogP contribution in [0.15, 0.2) is 12.1 Å². The van der Waals surface area contributed by atoms with Gasteiger partial charge in [0.15, 0.2) is 5.82 Å². The first kappa shape index (κ1) is 11.4. The lowest BCUT2D eigenvalue weighted by atomic mass is 10.1. The molecule has 0 saturated heterocycles. The van der Waals surface area contributed by atoms with E-state index in [1.807, 2.05) is 33.0 Å². The predicted molar refractivity (Wildman–Crippen MR) is 69.4 cm³/mol. The first-order valence-electron chi connectivity index (χ1n) is 4.91. The highest BCUT2D eigenvalue weighted by Gasteiger charge is 2.11. The van der Waals surface area contributed by atoms with Crippen LogP contribution in [0.25, 0.3) is 10.6 Å². The molecule has 2 rings (SSSR count). The minimum absolute atomic E-state index is 0.770. The SMILES string of the molecule is CNc1nnc(-c2ccc(Cl)s2)c(C)c1C. The normalized spacial score (nSPS) is 10.5. The lowest BCUT2D eigenvalue weighted by Crippen LogP contribution is -2.01. The van der Waals surface area contributed by atoms with E-state index in [1.54, 1.807) is 0 Å². The van der Waals surface area contributed by atoms with Gasteiger partial charge >= 0.3 is 0 Å². The molecule has 0 fully saturated rings. The van der Waals surface area contributed by atoms with Crippen molar-refractivity contribution >= 4 is 28.8 Å². The Labute approximate surface area is 103 Å². The Bertz CT molecular complexity index is 522. The molecule has 1 N–H and O–H groups in total. The highest BCUT2D eigenvalue weighted by molar-refractivity contribution is 7.19. The quantitative estimate of drug-likeness (QED) is 0.890. The third-order valence-corrected chi connectivity index (χ3v) is 3.80. The number of nitrogens with one attached hydrogen (secondary N) is 1. The minimum atomic E-state index is 0.770. The van der Waals surface area contributed by atoms with Crippen LogP contribution in [0.1, 0.15) is 11.1 Å². The molecule has 3 nitrogen and oxygen atoms in total. The van der Waals surface area contributed by atoms with Gasteiger partial charge in [-0.3, -0.25) is 0 Å². The summed E-state index contributed by atoms with van der Waals surface area (Å²) in [6, 6.07) is 3.85. The maximum absolute atomic E-state index is 5.92. The third-order valence-electron chi connectivity index (χ3n) is 2.57. The van der Waals surface area contributed by atoms with Gasteiger partial charge in [-0.15, -0.1) is 21.5 Å². The van der Waals surface area contributed by atoms with Crippen molar-refractivity contribution in [1.82, 2.24) is 10.2 Å². The Kier molecular flexibility index (Phi) is 3.12. The van der Waals surface area contributed by atoms with Crippen LogP contribution in [0.3, 0.4) is 0 Å². The number of hydrogen-bond acceptors (Lipinski definition) is 4. The zero-order chi connectivity index (χ0) is 11.7. The van der Waals surface area contributed by atoms with Crippen molar-refractivity contribution in [2.75, 3.05) is 12.4 Å². The standard InChI is InChI=1S/C11H12ClN3S/c1-6-7(2)11(13-3)15-14-10(6)8-4-5-9(12)16-8/h4-5H,1-3H3,(H,13,15). The van der Waals surface area contributed by atoms with E-state index >= 15 is 0 Å². The summed E-state index contributed by atoms with van der Waals surface area (Å²) in [5.74, 6) is 0.823. The molecule has 0 bridgehead atoms. The minimum Gasteiger partial charge on any atom is -0.371 e. The highest BCUT2D eigenvalue weighted by atomic mass is 35.5. The summed E-state index contributed by atoms with van der Waals surface area (Å²) in [5.41, 5.74) is 3.17. The van der Waals surface area contributed by atoms with Gasteiger partial charge in [0, 0.05) is 7.05 Å². The summed E-state index contributed by atoms with van der Waals surface area (Å²) in [4.78, 5) is 1.06. The second-order valence-electron chi connectivity index (χ2n) is 3.50. The van der Waals surface area contributed by atoms with Crippen molar-refractivity contribution in [1.29, 1.82) is 0 Å². The topological polar surface area (TPSA) is 37.8 Å². The van der Waals surface area contributed by atoms with E-state index in [-0.39, 0.29) is 0 Å². The van der Waals surface area contributed by atoms with Crippen LogP contribution < -0.4 is 5.32 Å². The molecule has 16 heavy (non-hydrogen) atoms. The average molecular weight is 254 g/mol. The molecule has 2 heterocycles. The summed E-state index contributed by atoms with van der Waals surface area (Å²) in [6.45, 7) is 4.09. The number of thiophene rings is 1. The number of halogens is 1. The molecular weight excluding hydrogens is 242 g/mol. The van der Waals surface area contributed by atoms with Crippen LogP contribution in [0.4, 0.5) is 5.82 Å². The van der Waals surface area contributed by atoms with Crippen LogP contribution >= 0.6 is 22.9 Å². The molecule has 0 amide bonds. The molecule has 2 aromatic rings. The molecule has 0 radical (unpaired) electrons. The van der Waals surface area contributed by atoms with E-state index in [0.29, 0.717) is 0 Å². The number of rotatable bonds is 2. The summed E-state index contributed by atoms with van der Waals surface area (Å²) in [5, 5.41) is 11.4. The Morgan fingerprint density at radius 1 is 1.19 bits per heavy atom. The molecule has 0 aliphatic rings. The van der Waals surface area contributed by atoms with Gasteiger partial charge in [0.2, 0.25) is 0 Å². The van der Waals surface area contributed by atoms with Gasteiger partial charge in [-0.2, -0.15) is 0 Å². The Morgan fingerprint density at radius 2 is 1.94 bits per heavy atom. The lowest BCUT2D eigenvalue weighted by Gasteiger charge is -2.09. The average Bonchev–Trinajstić information content (AvgIpc) is 2.69. The first-order valence-corrected chi connectivity index (χ1v) is 6.10. The number of anilines is 1. The zero-order valence-electron chi connectivity index (χ0n) is 9.34. The van der Waals surface area contributed by atoms with Gasteiger partial charge in [-0.05, 0) is 37.1 Å². The van der Waals surface area contributed by atoms with Crippen molar-refractivity contribution in [3.63, 3.8) is 0 Å². The number of hydrogen-bond donors (Lipinski definition) is 1. The third kappa shape index (κ3) is 1.90. The smallest absolute Gasteiger partial charge is 0.151 e. The second-order valence-corrected chi connectivity index (χ2v) is 5.22. The number of aromatic nitrogens is 2. The van der Waals surface area contributed by atoms with Crippen LogP contribution in [-0.2, 0) is 0 Å². The van der Waals surface area contributed by atoms with Crippen LogP contribution in [0.5, 0.6) is 0 Å². The Morgan fingerprint density at radius 3 is 2.50 bits per heavy atom. The van der Waals surface area contributed by atoms with Crippen LogP contribution in [0, 0.1) is 13.8 Å². The van der Waals surface area contributed by atoms with Crippen molar-refractivity contribution in [2.24, 2.45) is 0 Å². The maximum atomic E-state index is 5.92. The molecule has 2 aromatic heterocycles. The molecule has 84 valence electrons. The van der Waals surface area contributed by atoms with E-state index < -0.39 is 0 Å². The fourth-order valence-corrected chi connectivity index (χ4v) is 2.60. The molecule has 0 unspecified atom stereocenters. The van der Waals surface area contributed by atoms with Crippen molar-refractivity contribution in [3.05, 3.63) is 27.6 Å². The van der Waals surface area contributed by atoms with Crippen molar-refractivity contribution in [3.8, 4) is 10.6 Å². The van der Waals surface area contributed by atoms with E-state index in [1.165, 1.54) is 11.3 Å². The summed E-state index contributed by atoms with van der Waals surface area (Å²) < 4.78 is 0.770. The van der Waals surface area contributed by atoms with Crippen molar-refractivity contribution < 1.29 is 0 Å². The Hall–Kier alpha value is -1.13. The molecule has 0 aliphatic carbocycles. The summed E-state index contributed by atoms with van der Waals surface area (Å²) in [7, 11) is 1.85. The van der Waals surface area contributed by atoms with E-state index in [9.17, 15) is 0 Å². The molecule has 0 aliphatic heterocycles. The monoisotopic (exact) mass is 253 g/mol. The largest absolute Gasteiger partial charge is 0.371 e. The molecule has 0 saturated carbocycles. The molecular formula is C11H12ClN3S. The zero-order valence-corrected chi connectivity index (χ0v) is 10.9. The summed E-state index contributed by atoms with van der Waals surface area (Å²) in [6.07, 6.45) is 0. The highest BCUT2D eigenvalue weighted by Crippen LogP contribution is 2.33. The maximum Gasteiger partial charge on any atom is 0.151 e. The van der Waals surface area contributed by atoms with E-state index in [0.717, 1.165) is 31.9 Å². The van der Waals surface area contributed by atoms with Crippen LogP contribution in [-0.4, -0.2) is 17.2 Å². The van der Waals surface area contributed by atoms with Gasteiger partial charge in [0.1, 0.15) is 5.69 Å². The molecule has 0 aromatic carbocycles. The lowest BCUT2D eigenvalue weighted by molar-refractivity contribution is 1.01. The fraction of sp³-hybridized carbons (Fsp3) is 0.273. The number of nitrogens with zero attached hydrogens (tertiary/aromatic N) is 2. The van der Waals surface area contributed by atoms with Crippen molar-refractivity contribution in [2.45, 2.75) is 13.8 Å². The second kappa shape index (κ2) is 4.39. The van der Waals surface area contributed by atoms with Crippen LogP contribution in [0.2, 0.25) is 4.34 Å². The fourth-order valence-electron chi connectivity index (χ4n) is 1.52. The van der Waals surface area contributed by atoms with Gasteiger partial charge in [-0.25, -0.2) is 0 Å². The van der Waals surface area contributed by atoms with Gasteiger partial charge in [0.05, 0.1) is 9.21 Å². The molecule has 0 atom stereocenters. The summed E-state index contributed by atoms with van der Waals surface area (Å²) >= 11 is 7.44. The van der Waals surface area contributed by atoms with Gasteiger partial charge in [0.25, 0.3) is 0 Å². The van der Waals surface area contributed by atoms with Gasteiger partial charge < -0.3 is 5.32 Å². The first-order chi connectivity index (χ1) is 7.63.